The fourth-order valence-electron chi connectivity index (χ4n) is 3.65. The van der Waals surface area contributed by atoms with E-state index in [-0.39, 0.29) is 0 Å². The van der Waals surface area contributed by atoms with Crippen LogP contribution < -0.4 is 0 Å². The lowest BCUT2D eigenvalue weighted by molar-refractivity contribution is 0.320. The molecule has 2 nitrogen and oxygen atoms in total. The summed E-state index contributed by atoms with van der Waals surface area (Å²) >= 11 is 0. The van der Waals surface area contributed by atoms with Gasteiger partial charge in [0.2, 0.25) is 0 Å². The first-order valence-corrected chi connectivity index (χ1v) is 7.64. The van der Waals surface area contributed by atoms with E-state index in [0.29, 0.717) is 5.71 Å². The average Bonchev–Trinajstić information content (AvgIpc) is 2.93. The van der Waals surface area contributed by atoms with Gasteiger partial charge in [-0.3, -0.25) is 0 Å². The van der Waals surface area contributed by atoms with Gasteiger partial charge in [-0.25, -0.2) is 0 Å². The number of oxime groups is 1. The molecule has 0 heterocycles. The summed E-state index contributed by atoms with van der Waals surface area (Å²) in [5, 5.41) is 18.0. The van der Waals surface area contributed by atoms with Crippen LogP contribution in [0, 0.1) is 0 Å². The van der Waals surface area contributed by atoms with Crippen LogP contribution in [0.15, 0.2) is 78.0 Å². The van der Waals surface area contributed by atoms with Crippen LogP contribution in [0.2, 0.25) is 0 Å². The van der Waals surface area contributed by atoms with Crippen LogP contribution in [0.4, 0.5) is 0 Å². The Kier molecular flexibility index (Phi) is 2.39. The quantitative estimate of drug-likeness (QED) is 0.309. The molecule has 0 saturated heterocycles. The molecule has 0 aliphatic heterocycles. The molecule has 0 fully saturated rings. The van der Waals surface area contributed by atoms with Gasteiger partial charge in [0, 0.05) is 11.1 Å². The zero-order valence-electron chi connectivity index (χ0n) is 12.3. The lowest BCUT2D eigenvalue weighted by atomic mass is 9.98. The normalized spacial score (nSPS) is 14.3. The average molecular weight is 295 g/mol. The third-order valence-electron chi connectivity index (χ3n) is 4.70. The second kappa shape index (κ2) is 4.43. The van der Waals surface area contributed by atoms with Crippen molar-refractivity contribution in [1.29, 1.82) is 0 Å². The number of nitrogens with zero attached hydrogens (tertiary/aromatic N) is 1. The molecule has 0 amide bonds. The van der Waals surface area contributed by atoms with E-state index in [9.17, 15) is 5.21 Å². The molecule has 2 heteroatoms. The monoisotopic (exact) mass is 295 g/mol. The third kappa shape index (κ3) is 1.60. The summed E-state index contributed by atoms with van der Waals surface area (Å²) in [6.07, 6.45) is 0. The van der Waals surface area contributed by atoms with Crippen molar-refractivity contribution < 1.29 is 5.21 Å². The Hall–Kier alpha value is -3.13. The number of hydrogen-bond acceptors (Lipinski definition) is 2. The van der Waals surface area contributed by atoms with Crippen molar-refractivity contribution >= 4 is 27.3 Å². The number of fused-ring (bicyclic) bond motifs is 6. The zero-order chi connectivity index (χ0) is 15.4. The maximum Gasteiger partial charge on any atom is 0.118 e. The lowest BCUT2D eigenvalue weighted by Gasteiger charge is -2.05. The molecule has 0 unspecified atom stereocenters. The highest BCUT2D eigenvalue weighted by Gasteiger charge is 2.27. The Labute approximate surface area is 133 Å². The van der Waals surface area contributed by atoms with Gasteiger partial charge in [0.1, 0.15) is 5.71 Å². The smallest absolute Gasteiger partial charge is 0.118 e. The largest absolute Gasteiger partial charge is 0.410 e. The van der Waals surface area contributed by atoms with E-state index in [2.05, 4.69) is 53.7 Å². The second-order valence-corrected chi connectivity index (χ2v) is 5.90. The third-order valence-corrected chi connectivity index (χ3v) is 4.70. The summed E-state index contributed by atoms with van der Waals surface area (Å²) in [5.41, 5.74) is 4.96. The molecule has 5 rings (SSSR count). The molecule has 1 aliphatic carbocycles. The molecular weight excluding hydrogens is 282 g/mol. The number of rotatable bonds is 0. The highest BCUT2D eigenvalue weighted by Crippen LogP contribution is 2.42. The predicted molar refractivity (Wildman–Crippen MR) is 94.3 cm³/mol. The highest BCUT2D eigenvalue weighted by molar-refractivity contribution is 6.30. The van der Waals surface area contributed by atoms with Crippen LogP contribution in [0.3, 0.4) is 0 Å². The van der Waals surface area contributed by atoms with Crippen LogP contribution >= 0.6 is 0 Å². The molecule has 108 valence electrons. The van der Waals surface area contributed by atoms with Gasteiger partial charge in [-0.1, -0.05) is 65.8 Å². The summed E-state index contributed by atoms with van der Waals surface area (Å²) in [4.78, 5) is 0. The second-order valence-electron chi connectivity index (χ2n) is 5.90. The summed E-state index contributed by atoms with van der Waals surface area (Å²) in [6, 6.07) is 25.1. The first kappa shape index (κ1) is 12.4. The van der Waals surface area contributed by atoms with Crippen LogP contribution in [0.5, 0.6) is 0 Å². The van der Waals surface area contributed by atoms with E-state index in [1.807, 2.05) is 24.3 Å². The van der Waals surface area contributed by atoms with Crippen LogP contribution in [-0.2, 0) is 0 Å². The number of benzene rings is 4. The first-order valence-electron chi connectivity index (χ1n) is 7.64. The molecule has 1 N–H and O–H groups in total. The maximum absolute atomic E-state index is 9.68. The van der Waals surface area contributed by atoms with Crippen molar-refractivity contribution in [2.45, 2.75) is 0 Å². The van der Waals surface area contributed by atoms with Gasteiger partial charge in [0.05, 0.1) is 0 Å². The molecule has 0 spiro atoms. The van der Waals surface area contributed by atoms with Crippen LogP contribution in [0.25, 0.3) is 32.7 Å². The summed E-state index contributed by atoms with van der Waals surface area (Å²) in [5.74, 6) is 0. The van der Waals surface area contributed by atoms with E-state index < -0.39 is 0 Å². The van der Waals surface area contributed by atoms with Gasteiger partial charge in [-0.05, 0) is 44.8 Å². The molecule has 0 bridgehead atoms. The topological polar surface area (TPSA) is 32.6 Å². The zero-order valence-corrected chi connectivity index (χ0v) is 12.3. The Morgan fingerprint density at radius 1 is 0.609 bits per heavy atom. The van der Waals surface area contributed by atoms with E-state index in [0.717, 1.165) is 38.4 Å². The maximum atomic E-state index is 9.68. The van der Waals surface area contributed by atoms with Gasteiger partial charge in [-0.2, -0.15) is 0 Å². The van der Waals surface area contributed by atoms with Crippen molar-refractivity contribution in [2.75, 3.05) is 0 Å². The minimum absolute atomic E-state index is 0.664. The van der Waals surface area contributed by atoms with Gasteiger partial charge in [0.15, 0.2) is 0 Å². The van der Waals surface area contributed by atoms with Gasteiger partial charge in [0.25, 0.3) is 0 Å². The molecule has 0 radical (unpaired) electrons. The van der Waals surface area contributed by atoms with Crippen LogP contribution in [0.1, 0.15) is 11.1 Å². The van der Waals surface area contributed by atoms with E-state index in [1.54, 1.807) is 0 Å². The van der Waals surface area contributed by atoms with E-state index in [1.165, 1.54) is 5.39 Å². The SMILES string of the molecule is ON=C1c2cc3ccccc3cc2-c2ccc3ccccc3c21. The van der Waals surface area contributed by atoms with E-state index in [4.69, 9.17) is 0 Å². The Balaban J connectivity index is 1.95. The van der Waals surface area contributed by atoms with Gasteiger partial charge < -0.3 is 5.21 Å². The molecular formula is C21H13NO. The molecule has 0 aromatic heterocycles. The van der Waals surface area contributed by atoms with Gasteiger partial charge in [-0.15, -0.1) is 0 Å². The molecule has 23 heavy (non-hydrogen) atoms. The summed E-state index contributed by atoms with van der Waals surface area (Å²) < 4.78 is 0. The summed E-state index contributed by atoms with van der Waals surface area (Å²) in [6.45, 7) is 0. The molecule has 0 saturated carbocycles. The fourth-order valence-corrected chi connectivity index (χ4v) is 3.65. The molecule has 4 aromatic carbocycles. The van der Waals surface area contributed by atoms with E-state index >= 15 is 0 Å². The Morgan fingerprint density at radius 3 is 2.00 bits per heavy atom. The minimum Gasteiger partial charge on any atom is -0.410 e. The van der Waals surface area contributed by atoms with Crippen LogP contribution in [-0.4, -0.2) is 10.9 Å². The van der Waals surface area contributed by atoms with Gasteiger partial charge >= 0.3 is 0 Å². The molecule has 4 aromatic rings. The number of hydrogen-bond donors (Lipinski definition) is 1. The van der Waals surface area contributed by atoms with Crippen molar-refractivity contribution in [2.24, 2.45) is 5.16 Å². The fraction of sp³-hybridized carbons (Fsp3) is 0. The predicted octanol–water partition coefficient (Wildman–Crippen LogP) is 5.20. The summed E-state index contributed by atoms with van der Waals surface area (Å²) in [7, 11) is 0. The first-order chi connectivity index (χ1) is 11.4. The lowest BCUT2D eigenvalue weighted by Crippen LogP contribution is -1.99. The molecule has 1 aliphatic rings. The Morgan fingerprint density at radius 2 is 1.26 bits per heavy atom. The van der Waals surface area contributed by atoms with Crippen molar-refractivity contribution in [3.8, 4) is 11.1 Å². The van der Waals surface area contributed by atoms with Crippen molar-refractivity contribution in [1.82, 2.24) is 0 Å². The Bertz CT molecular complexity index is 1130. The molecule has 0 atom stereocenters. The van der Waals surface area contributed by atoms with Crippen molar-refractivity contribution in [3.63, 3.8) is 0 Å². The highest BCUT2D eigenvalue weighted by atomic mass is 16.4. The minimum atomic E-state index is 0.664. The standard InChI is InChI=1S/C21H13NO/c23-22-21-19-12-15-7-2-1-6-14(15)11-18(19)17-10-9-13-5-3-4-8-16(13)20(17)21/h1-12,23H. The van der Waals surface area contributed by atoms with Crippen molar-refractivity contribution in [3.05, 3.63) is 83.9 Å².